The van der Waals surface area contributed by atoms with Crippen molar-refractivity contribution in [1.82, 2.24) is 14.9 Å². The molecule has 0 bridgehead atoms. The van der Waals surface area contributed by atoms with Gasteiger partial charge in [0.25, 0.3) is 0 Å². The Bertz CT molecular complexity index is 964. The van der Waals surface area contributed by atoms with Gasteiger partial charge in [0, 0.05) is 17.5 Å². The molecule has 0 spiro atoms. The van der Waals surface area contributed by atoms with Crippen molar-refractivity contribution < 1.29 is 9.53 Å². The minimum atomic E-state index is -0.127. The standard InChI is InChI=1S/C22H24ClN3O2/c1-15(24-22(27)16-7-8-16)21-25-19-5-2-3-6-20(19)26(21)13-4-14-28-18-11-9-17(23)10-12-18/h2-3,5-6,9-12,15-16H,4,7-8,13-14H2,1H3,(H,24,27). The molecule has 1 atom stereocenters. The van der Waals surface area contributed by atoms with Crippen molar-refractivity contribution in [3.05, 3.63) is 59.4 Å². The predicted molar refractivity (Wildman–Crippen MR) is 111 cm³/mol. The number of aromatic nitrogens is 2. The van der Waals surface area contributed by atoms with Crippen LogP contribution in [0.2, 0.25) is 5.02 Å². The second-order valence-corrected chi connectivity index (χ2v) is 7.71. The first kappa shape index (κ1) is 18.8. The van der Waals surface area contributed by atoms with Gasteiger partial charge in [-0.15, -0.1) is 0 Å². The lowest BCUT2D eigenvalue weighted by molar-refractivity contribution is -0.123. The van der Waals surface area contributed by atoms with E-state index in [0.717, 1.165) is 48.4 Å². The summed E-state index contributed by atoms with van der Waals surface area (Å²) in [6.45, 7) is 3.37. The summed E-state index contributed by atoms with van der Waals surface area (Å²) in [7, 11) is 0. The van der Waals surface area contributed by atoms with Gasteiger partial charge in [-0.05, 0) is 62.6 Å². The molecule has 1 saturated carbocycles. The SMILES string of the molecule is CC(NC(=O)C1CC1)c1nc2ccccc2n1CCCOc1ccc(Cl)cc1. The summed E-state index contributed by atoms with van der Waals surface area (Å²) in [5, 5.41) is 3.81. The smallest absolute Gasteiger partial charge is 0.223 e. The maximum Gasteiger partial charge on any atom is 0.223 e. The molecule has 0 radical (unpaired) electrons. The number of nitrogens with zero attached hydrogens (tertiary/aromatic N) is 2. The van der Waals surface area contributed by atoms with E-state index in [9.17, 15) is 4.79 Å². The van der Waals surface area contributed by atoms with Crippen LogP contribution >= 0.6 is 11.6 Å². The monoisotopic (exact) mass is 397 g/mol. The number of ether oxygens (including phenoxy) is 1. The van der Waals surface area contributed by atoms with E-state index in [0.29, 0.717) is 11.6 Å². The van der Waals surface area contributed by atoms with Crippen LogP contribution in [0, 0.1) is 5.92 Å². The number of aryl methyl sites for hydroxylation is 1. The molecule has 1 N–H and O–H groups in total. The van der Waals surface area contributed by atoms with Crippen LogP contribution in [0.1, 0.15) is 38.1 Å². The quantitative estimate of drug-likeness (QED) is 0.558. The summed E-state index contributed by atoms with van der Waals surface area (Å²) in [6.07, 6.45) is 2.83. The first-order chi connectivity index (χ1) is 13.6. The van der Waals surface area contributed by atoms with Crippen LogP contribution in [0.5, 0.6) is 5.75 Å². The van der Waals surface area contributed by atoms with Crippen LogP contribution in [0.3, 0.4) is 0 Å². The zero-order valence-corrected chi connectivity index (χ0v) is 16.7. The molecule has 0 saturated heterocycles. The molecular formula is C22H24ClN3O2. The topological polar surface area (TPSA) is 56.2 Å². The van der Waals surface area contributed by atoms with Gasteiger partial charge in [-0.25, -0.2) is 4.98 Å². The maximum atomic E-state index is 12.2. The number of carbonyl (C=O) groups excluding carboxylic acids is 1. The van der Waals surface area contributed by atoms with Crippen LogP contribution in [0.25, 0.3) is 11.0 Å². The molecule has 28 heavy (non-hydrogen) atoms. The lowest BCUT2D eigenvalue weighted by Gasteiger charge is -2.16. The Morgan fingerprint density at radius 1 is 1.25 bits per heavy atom. The van der Waals surface area contributed by atoms with E-state index in [2.05, 4.69) is 16.0 Å². The van der Waals surface area contributed by atoms with Crippen molar-refractivity contribution in [2.45, 2.75) is 38.8 Å². The van der Waals surface area contributed by atoms with Crippen molar-refractivity contribution in [2.24, 2.45) is 5.92 Å². The Kier molecular flexibility index (Phi) is 5.53. The van der Waals surface area contributed by atoms with Crippen molar-refractivity contribution >= 4 is 28.5 Å². The molecule has 146 valence electrons. The molecular weight excluding hydrogens is 374 g/mol. The molecule has 2 aromatic carbocycles. The Labute approximate surface area is 169 Å². The van der Waals surface area contributed by atoms with E-state index in [-0.39, 0.29) is 17.9 Å². The van der Waals surface area contributed by atoms with Gasteiger partial charge in [-0.3, -0.25) is 4.79 Å². The van der Waals surface area contributed by atoms with E-state index in [1.165, 1.54) is 0 Å². The van der Waals surface area contributed by atoms with Gasteiger partial charge in [0.05, 0.1) is 23.7 Å². The van der Waals surface area contributed by atoms with Gasteiger partial charge in [-0.1, -0.05) is 23.7 Å². The number of fused-ring (bicyclic) bond motifs is 1. The number of benzene rings is 2. The van der Waals surface area contributed by atoms with Crippen LogP contribution in [0.4, 0.5) is 0 Å². The zero-order chi connectivity index (χ0) is 19.5. The zero-order valence-electron chi connectivity index (χ0n) is 15.9. The van der Waals surface area contributed by atoms with Gasteiger partial charge < -0.3 is 14.6 Å². The Balaban J connectivity index is 1.45. The van der Waals surface area contributed by atoms with Crippen molar-refractivity contribution in [3.8, 4) is 5.75 Å². The fourth-order valence-corrected chi connectivity index (χ4v) is 3.47. The predicted octanol–water partition coefficient (Wildman–Crippen LogP) is 4.75. The highest BCUT2D eigenvalue weighted by Crippen LogP contribution is 2.30. The molecule has 3 aromatic rings. The fourth-order valence-electron chi connectivity index (χ4n) is 3.34. The number of carbonyl (C=O) groups is 1. The lowest BCUT2D eigenvalue weighted by Crippen LogP contribution is -2.30. The van der Waals surface area contributed by atoms with Crippen LogP contribution in [-0.4, -0.2) is 22.1 Å². The van der Waals surface area contributed by atoms with E-state index >= 15 is 0 Å². The Hall–Kier alpha value is -2.53. The van der Waals surface area contributed by atoms with Crippen molar-refractivity contribution in [3.63, 3.8) is 0 Å². The third kappa shape index (κ3) is 4.30. The number of para-hydroxylation sites is 2. The molecule has 1 aliphatic rings. The number of rotatable bonds is 8. The maximum absolute atomic E-state index is 12.2. The number of nitrogens with one attached hydrogen (secondary N) is 1. The van der Waals surface area contributed by atoms with Gasteiger partial charge in [0.2, 0.25) is 5.91 Å². The van der Waals surface area contributed by atoms with Crippen LogP contribution < -0.4 is 10.1 Å². The number of amides is 1. The second kappa shape index (κ2) is 8.23. The number of halogens is 1. The van der Waals surface area contributed by atoms with E-state index < -0.39 is 0 Å². The van der Waals surface area contributed by atoms with Gasteiger partial charge >= 0.3 is 0 Å². The normalized spacial score (nSPS) is 14.8. The molecule has 0 aliphatic heterocycles. The highest BCUT2D eigenvalue weighted by atomic mass is 35.5. The lowest BCUT2D eigenvalue weighted by atomic mass is 10.2. The molecule has 1 aromatic heterocycles. The average molecular weight is 398 g/mol. The average Bonchev–Trinajstić information content (AvgIpc) is 3.48. The van der Waals surface area contributed by atoms with Crippen LogP contribution in [-0.2, 0) is 11.3 Å². The first-order valence-corrected chi connectivity index (χ1v) is 10.1. The third-order valence-corrected chi connectivity index (χ3v) is 5.24. The summed E-state index contributed by atoms with van der Waals surface area (Å²) in [4.78, 5) is 17.0. The molecule has 1 aliphatic carbocycles. The highest BCUT2D eigenvalue weighted by Gasteiger charge is 2.31. The van der Waals surface area contributed by atoms with Gasteiger partial charge in [0.1, 0.15) is 11.6 Å². The Morgan fingerprint density at radius 2 is 2.00 bits per heavy atom. The first-order valence-electron chi connectivity index (χ1n) is 9.76. The second-order valence-electron chi connectivity index (χ2n) is 7.27. The van der Waals surface area contributed by atoms with Crippen molar-refractivity contribution in [1.29, 1.82) is 0 Å². The van der Waals surface area contributed by atoms with Crippen LogP contribution in [0.15, 0.2) is 48.5 Å². The van der Waals surface area contributed by atoms with Gasteiger partial charge in [-0.2, -0.15) is 0 Å². The Morgan fingerprint density at radius 3 is 2.75 bits per heavy atom. The molecule has 1 heterocycles. The van der Waals surface area contributed by atoms with Gasteiger partial charge in [0.15, 0.2) is 0 Å². The molecule has 5 nitrogen and oxygen atoms in total. The van der Waals surface area contributed by atoms with Crippen molar-refractivity contribution in [2.75, 3.05) is 6.61 Å². The van der Waals surface area contributed by atoms with E-state index in [1.807, 2.05) is 49.4 Å². The largest absolute Gasteiger partial charge is 0.494 e. The summed E-state index contributed by atoms with van der Waals surface area (Å²) < 4.78 is 8.01. The number of imidazole rings is 1. The summed E-state index contributed by atoms with van der Waals surface area (Å²) >= 11 is 5.91. The molecule has 1 unspecified atom stereocenters. The molecule has 4 rings (SSSR count). The third-order valence-electron chi connectivity index (χ3n) is 4.99. The molecule has 6 heteroatoms. The fraction of sp³-hybridized carbons (Fsp3) is 0.364. The summed E-state index contributed by atoms with van der Waals surface area (Å²) in [5.74, 6) is 2.03. The molecule has 1 fully saturated rings. The number of hydrogen-bond acceptors (Lipinski definition) is 3. The summed E-state index contributed by atoms with van der Waals surface area (Å²) in [6, 6.07) is 15.3. The molecule has 1 amide bonds. The number of hydrogen-bond donors (Lipinski definition) is 1. The minimum Gasteiger partial charge on any atom is -0.494 e. The summed E-state index contributed by atoms with van der Waals surface area (Å²) in [5.41, 5.74) is 2.03. The highest BCUT2D eigenvalue weighted by molar-refractivity contribution is 6.30. The van der Waals surface area contributed by atoms with E-state index in [1.54, 1.807) is 0 Å². The minimum absolute atomic E-state index is 0.127. The van der Waals surface area contributed by atoms with E-state index in [4.69, 9.17) is 21.3 Å².